The zero-order valence-corrected chi connectivity index (χ0v) is 7.84. The highest BCUT2D eigenvalue weighted by atomic mass is 16.1. The summed E-state index contributed by atoms with van der Waals surface area (Å²) in [5, 5.41) is 0. The second-order valence-corrected chi connectivity index (χ2v) is 3.27. The van der Waals surface area contributed by atoms with Crippen molar-refractivity contribution in [2.75, 3.05) is 13.1 Å². The van der Waals surface area contributed by atoms with Crippen molar-refractivity contribution in [3.63, 3.8) is 0 Å². The van der Waals surface area contributed by atoms with Gasteiger partial charge in [0.05, 0.1) is 0 Å². The van der Waals surface area contributed by atoms with Crippen molar-refractivity contribution in [1.29, 1.82) is 0 Å². The Labute approximate surface area is 69.6 Å². The third-order valence-corrected chi connectivity index (χ3v) is 1.78. The highest BCUT2D eigenvalue weighted by Gasteiger charge is 1.98. The fourth-order valence-electron chi connectivity index (χ4n) is 0.988. The van der Waals surface area contributed by atoms with Crippen molar-refractivity contribution < 1.29 is 4.79 Å². The number of rotatable bonds is 6. The average Bonchev–Trinajstić information content (AvgIpc) is 1.98. The molecular weight excluding hydrogens is 138 g/mol. The molecule has 0 fully saturated rings. The molecule has 2 heteroatoms. The summed E-state index contributed by atoms with van der Waals surface area (Å²) in [6.45, 7) is 8.16. The Morgan fingerprint density at radius 3 is 2.45 bits per heavy atom. The Morgan fingerprint density at radius 2 is 2.09 bits per heavy atom. The van der Waals surface area contributed by atoms with Crippen LogP contribution in [-0.4, -0.2) is 24.4 Å². The van der Waals surface area contributed by atoms with Gasteiger partial charge < -0.3 is 4.90 Å². The zero-order chi connectivity index (χ0) is 8.69. The summed E-state index contributed by atoms with van der Waals surface area (Å²) in [5.41, 5.74) is 0. The minimum atomic E-state index is 0.750. The molecule has 0 saturated carbocycles. The highest BCUT2D eigenvalue weighted by Crippen LogP contribution is 2.03. The van der Waals surface area contributed by atoms with Gasteiger partial charge in [0, 0.05) is 13.1 Å². The van der Waals surface area contributed by atoms with Crippen LogP contribution < -0.4 is 0 Å². The van der Waals surface area contributed by atoms with Crippen LogP contribution in [0.25, 0.3) is 0 Å². The van der Waals surface area contributed by atoms with E-state index in [1.165, 1.54) is 6.42 Å². The molecule has 0 rings (SSSR count). The monoisotopic (exact) mass is 157 g/mol. The number of carbonyl (C=O) groups excluding carboxylic acids is 1. The lowest BCUT2D eigenvalue weighted by Gasteiger charge is -2.14. The Hall–Kier alpha value is -0.530. The maximum atomic E-state index is 10.3. The van der Waals surface area contributed by atoms with Crippen LogP contribution in [0.3, 0.4) is 0 Å². The smallest absolute Gasteiger partial charge is 0.209 e. The van der Waals surface area contributed by atoms with Crippen LogP contribution in [0, 0.1) is 5.92 Å². The van der Waals surface area contributed by atoms with Gasteiger partial charge in [-0.05, 0) is 25.7 Å². The quantitative estimate of drug-likeness (QED) is 0.539. The van der Waals surface area contributed by atoms with E-state index in [1.54, 1.807) is 0 Å². The first-order valence-electron chi connectivity index (χ1n) is 4.40. The van der Waals surface area contributed by atoms with E-state index in [2.05, 4.69) is 13.8 Å². The molecule has 0 N–H and O–H groups in total. The lowest BCUT2D eigenvalue weighted by molar-refractivity contribution is -0.118. The van der Waals surface area contributed by atoms with Gasteiger partial charge in [-0.15, -0.1) is 0 Å². The molecule has 66 valence electrons. The van der Waals surface area contributed by atoms with Gasteiger partial charge in [-0.3, -0.25) is 4.79 Å². The standard InChI is InChI=1S/C9H19NO/c1-4-10(8-11)7-5-6-9(2)3/h8-9H,4-7H2,1-3H3. The van der Waals surface area contributed by atoms with Crippen molar-refractivity contribution >= 4 is 6.41 Å². The Morgan fingerprint density at radius 1 is 1.45 bits per heavy atom. The maximum Gasteiger partial charge on any atom is 0.209 e. The second kappa shape index (κ2) is 6.20. The van der Waals surface area contributed by atoms with E-state index < -0.39 is 0 Å². The van der Waals surface area contributed by atoms with Gasteiger partial charge in [-0.2, -0.15) is 0 Å². The third-order valence-electron chi connectivity index (χ3n) is 1.78. The van der Waals surface area contributed by atoms with Gasteiger partial charge in [0.2, 0.25) is 6.41 Å². The molecular formula is C9H19NO. The summed E-state index contributed by atoms with van der Waals surface area (Å²) in [5.74, 6) is 0.750. The Bertz CT molecular complexity index is 102. The number of hydrogen-bond acceptors (Lipinski definition) is 1. The SMILES string of the molecule is CCN(C=O)CCCC(C)C. The molecule has 0 radical (unpaired) electrons. The van der Waals surface area contributed by atoms with Crippen LogP contribution in [0.15, 0.2) is 0 Å². The summed E-state index contributed by atoms with van der Waals surface area (Å²) in [7, 11) is 0. The Kier molecular flexibility index (Phi) is 5.90. The molecule has 1 amide bonds. The maximum absolute atomic E-state index is 10.3. The second-order valence-electron chi connectivity index (χ2n) is 3.27. The molecule has 2 nitrogen and oxygen atoms in total. The van der Waals surface area contributed by atoms with Gasteiger partial charge >= 0.3 is 0 Å². The predicted molar refractivity (Wildman–Crippen MR) is 47.4 cm³/mol. The van der Waals surface area contributed by atoms with Crippen LogP contribution in [0.1, 0.15) is 33.6 Å². The van der Waals surface area contributed by atoms with Gasteiger partial charge in [-0.25, -0.2) is 0 Å². The number of hydrogen-bond donors (Lipinski definition) is 0. The van der Waals surface area contributed by atoms with E-state index in [1.807, 2.05) is 11.8 Å². The Balaban J connectivity index is 3.28. The van der Waals surface area contributed by atoms with Crippen molar-refractivity contribution in [3.05, 3.63) is 0 Å². The average molecular weight is 157 g/mol. The molecule has 0 aromatic heterocycles. The zero-order valence-electron chi connectivity index (χ0n) is 7.84. The lowest BCUT2D eigenvalue weighted by atomic mass is 10.1. The summed E-state index contributed by atoms with van der Waals surface area (Å²) in [6.07, 6.45) is 3.27. The first kappa shape index (κ1) is 10.5. The molecule has 0 aromatic carbocycles. The van der Waals surface area contributed by atoms with E-state index in [-0.39, 0.29) is 0 Å². The van der Waals surface area contributed by atoms with Crippen LogP contribution in [0.5, 0.6) is 0 Å². The lowest BCUT2D eigenvalue weighted by Crippen LogP contribution is -2.22. The minimum absolute atomic E-state index is 0.750. The number of carbonyl (C=O) groups is 1. The van der Waals surface area contributed by atoms with Gasteiger partial charge in [0.25, 0.3) is 0 Å². The molecule has 0 bridgehead atoms. The molecule has 11 heavy (non-hydrogen) atoms. The molecule has 0 aliphatic rings. The highest BCUT2D eigenvalue weighted by molar-refractivity contribution is 5.46. The molecule has 0 aliphatic heterocycles. The van der Waals surface area contributed by atoms with Crippen molar-refractivity contribution in [2.24, 2.45) is 5.92 Å². The molecule has 0 saturated heterocycles. The molecule has 0 atom stereocenters. The molecule has 0 spiro atoms. The first-order valence-corrected chi connectivity index (χ1v) is 4.40. The van der Waals surface area contributed by atoms with Crippen LogP contribution >= 0.6 is 0 Å². The topological polar surface area (TPSA) is 20.3 Å². The fourth-order valence-corrected chi connectivity index (χ4v) is 0.988. The normalized spacial score (nSPS) is 10.2. The number of nitrogens with zero attached hydrogens (tertiary/aromatic N) is 1. The van der Waals surface area contributed by atoms with Crippen LogP contribution in [0.4, 0.5) is 0 Å². The van der Waals surface area contributed by atoms with Gasteiger partial charge in [-0.1, -0.05) is 13.8 Å². The number of amides is 1. The molecule has 0 unspecified atom stereocenters. The first-order chi connectivity index (χ1) is 5.20. The van der Waals surface area contributed by atoms with Crippen molar-refractivity contribution in [3.8, 4) is 0 Å². The van der Waals surface area contributed by atoms with Crippen molar-refractivity contribution in [1.82, 2.24) is 4.90 Å². The van der Waals surface area contributed by atoms with E-state index in [9.17, 15) is 4.79 Å². The van der Waals surface area contributed by atoms with Crippen LogP contribution in [-0.2, 0) is 4.79 Å². The summed E-state index contributed by atoms with van der Waals surface area (Å²) < 4.78 is 0. The summed E-state index contributed by atoms with van der Waals surface area (Å²) in [6, 6.07) is 0. The summed E-state index contributed by atoms with van der Waals surface area (Å²) >= 11 is 0. The fraction of sp³-hybridized carbons (Fsp3) is 0.889. The third kappa shape index (κ3) is 5.89. The molecule has 0 aromatic rings. The molecule has 0 aliphatic carbocycles. The van der Waals surface area contributed by atoms with Gasteiger partial charge in [0.15, 0.2) is 0 Å². The van der Waals surface area contributed by atoms with Crippen LogP contribution in [0.2, 0.25) is 0 Å². The van der Waals surface area contributed by atoms with Crippen molar-refractivity contribution in [2.45, 2.75) is 33.6 Å². The van der Waals surface area contributed by atoms with E-state index in [4.69, 9.17) is 0 Å². The van der Waals surface area contributed by atoms with E-state index >= 15 is 0 Å². The minimum Gasteiger partial charge on any atom is -0.346 e. The summed E-state index contributed by atoms with van der Waals surface area (Å²) in [4.78, 5) is 12.1. The predicted octanol–water partition coefficient (Wildman–Crippen LogP) is 1.90. The largest absolute Gasteiger partial charge is 0.346 e. The van der Waals surface area contributed by atoms with Gasteiger partial charge in [0.1, 0.15) is 0 Å². The van der Waals surface area contributed by atoms with E-state index in [0.29, 0.717) is 0 Å². The van der Waals surface area contributed by atoms with E-state index in [0.717, 1.165) is 31.8 Å². The molecule has 0 heterocycles.